The SMILES string of the molecule is CSCCN1C(C)CC(c2ccc3[nH]c(-c4cn5cnnc5c(C)c4C)c(C(C)C)c3c2)CC1C. The molecule has 1 aliphatic rings. The van der Waals surface area contributed by atoms with Gasteiger partial charge in [-0.3, -0.25) is 9.30 Å². The molecule has 5 nitrogen and oxygen atoms in total. The third-order valence-electron chi connectivity index (χ3n) is 8.26. The Morgan fingerprint density at radius 1 is 1.11 bits per heavy atom. The zero-order valence-corrected chi connectivity index (χ0v) is 23.0. The van der Waals surface area contributed by atoms with Gasteiger partial charge in [-0.15, -0.1) is 10.2 Å². The molecule has 1 saturated heterocycles. The van der Waals surface area contributed by atoms with E-state index in [0.717, 1.165) is 5.65 Å². The number of hydrogen-bond donors (Lipinski definition) is 1. The summed E-state index contributed by atoms with van der Waals surface area (Å²) < 4.78 is 2.05. The molecule has 2 unspecified atom stereocenters. The minimum Gasteiger partial charge on any atom is -0.354 e. The van der Waals surface area contributed by atoms with Gasteiger partial charge >= 0.3 is 0 Å². The number of thioether (sulfide) groups is 1. The molecule has 1 aromatic carbocycles. The van der Waals surface area contributed by atoms with Crippen molar-refractivity contribution in [1.29, 1.82) is 0 Å². The van der Waals surface area contributed by atoms with Crippen molar-refractivity contribution in [3.05, 3.63) is 53.0 Å². The maximum atomic E-state index is 4.31. The van der Waals surface area contributed by atoms with Crippen LogP contribution in [0, 0.1) is 13.8 Å². The number of likely N-dealkylation sites (tertiary alicyclic amines) is 1. The monoisotopic (exact) mass is 489 g/mol. The molecular weight excluding hydrogens is 450 g/mol. The minimum absolute atomic E-state index is 0.413. The maximum absolute atomic E-state index is 4.31. The summed E-state index contributed by atoms with van der Waals surface area (Å²) in [5.41, 5.74) is 9.99. The van der Waals surface area contributed by atoms with Crippen molar-refractivity contribution in [3.8, 4) is 11.3 Å². The molecule has 2 atom stereocenters. The lowest BCUT2D eigenvalue weighted by atomic mass is 9.81. The van der Waals surface area contributed by atoms with Gasteiger partial charge in [0.1, 0.15) is 6.33 Å². The van der Waals surface area contributed by atoms with Crippen molar-refractivity contribution in [1.82, 2.24) is 24.5 Å². The number of rotatable bonds is 6. The second kappa shape index (κ2) is 9.62. The van der Waals surface area contributed by atoms with Gasteiger partial charge in [0.25, 0.3) is 0 Å². The van der Waals surface area contributed by atoms with Crippen LogP contribution in [0.25, 0.3) is 27.8 Å². The van der Waals surface area contributed by atoms with Gasteiger partial charge in [0.05, 0.1) is 5.69 Å². The lowest BCUT2D eigenvalue weighted by Gasteiger charge is -2.43. The van der Waals surface area contributed by atoms with E-state index in [1.807, 2.05) is 16.2 Å². The van der Waals surface area contributed by atoms with Crippen molar-refractivity contribution < 1.29 is 0 Å². The molecule has 1 aliphatic heterocycles. The standard InChI is InChI=1S/C29H39N5S/c1-17(2)27-24-14-22(23-12-18(3)34(10-11-35-7)19(4)13-23)8-9-26(24)31-28(27)25-15-33-16-30-32-29(33)21(6)20(25)5/h8-9,14-19,23,31H,10-13H2,1-7H3. The summed E-state index contributed by atoms with van der Waals surface area (Å²) in [5.74, 6) is 2.25. The molecule has 0 bridgehead atoms. The highest BCUT2D eigenvalue weighted by Gasteiger charge is 2.31. The van der Waals surface area contributed by atoms with Gasteiger partial charge < -0.3 is 4.98 Å². The van der Waals surface area contributed by atoms with Gasteiger partial charge in [-0.2, -0.15) is 11.8 Å². The molecule has 4 heterocycles. The molecule has 35 heavy (non-hydrogen) atoms. The summed E-state index contributed by atoms with van der Waals surface area (Å²) in [6.07, 6.45) is 8.67. The predicted octanol–water partition coefficient (Wildman–Crippen LogP) is 6.94. The first-order valence-electron chi connectivity index (χ1n) is 13.0. The Kier molecular flexibility index (Phi) is 6.71. The Hall–Kier alpha value is -2.31. The highest BCUT2D eigenvalue weighted by molar-refractivity contribution is 7.98. The molecule has 0 aliphatic carbocycles. The number of pyridine rings is 1. The largest absolute Gasteiger partial charge is 0.354 e. The molecule has 1 N–H and O–H groups in total. The molecule has 0 radical (unpaired) electrons. The van der Waals surface area contributed by atoms with E-state index in [1.54, 1.807) is 6.33 Å². The van der Waals surface area contributed by atoms with E-state index >= 15 is 0 Å². The van der Waals surface area contributed by atoms with Crippen LogP contribution in [-0.4, -0.2) is 55.1 Å². The zero-order valence-electron chi connectivity index (χ0n) is 22.2. The fraction of sp³-hybridized carbons (Fsp3) is 0.517. The number of nitrogens with zero attached hydrogens (tertiary/aromatic N) is 4. The maximum Gasteiger partial charge on any atom is 0.163 e. The minimum atomic E-state index is 0.413. The normalized spacial score (nSPS) is 21.5. The number of fused-ring (bicyclic) bond motifs is 2. The van der Waals surface area contributed by atoms with Gasteiger partial charge in [-0.05, 0) is 93.0 Å². The van der Waals surface area contributed by atoms with Crippen LogP contribution in [0.1, 0.15) is 74.6 Å². The molecule has 0 amide bonds. The Balaban J connectivity index is 1.56. The highest BCUT2D eigenvalue weighted by Crippen LogP contribution is 2.41. The second-order valence-electron chi connectivity index (χ2n) is 10.8. The fourth-order valence-electron chi connectivity index (χ4n) is 6.29. The Morgan fingerprint density at radius 3 is 2.54 bits per heavy atom. The molecule has 3 aromatic heterocycles. The van der Waals surface area contributed by atoms with E-state index in [9.17, 15) is 0 Å². The second-order valence-corrected chi connectivity index (χ2v) is 11.8. The molecule has 0 spiro atoms. The van der Waals surface area contributed by atoms with Gasteiger partial charge in [0, 0.05) is 47.0 Å². The average Bonchev–Trinajstić information content (AvgIpc) is 3.45. The lowest BCUT2D eigenvalue weighted by molar-refractivity contribution is 0.0987. The van der Waals surface area contributed by atoms with Crippen LogP contribution in [0.15, 0.2) is 30.7 Å². The van der Waals surface area contributed by atoms with E-state index in [-0.39, 0.29) is 0 Å². The third kappa shape index (κ3) is 4.29. The quantitative estimate of drug-likeness (QED) is 0.319. The number of piperidine rings is 1. The first kappa shape index (κ1) is 24.4. The van der Waals surface area contributed by atoms with Crippen LogP contribution in [0.2, 0.25) is 0 Å². The lowest BCUT2D eigenvalue weighted by Crippen LogP contribution is -2.46. The summed E-state index contributed by atoms with van der Waals surface area (Å²) in [5, 5.41) is 9.82. The molecule has 4 aromatic rings. The molecule has 0 saturated carbocycles. The summed E-state index contributed by atoms with van der Waals surface area (Å²) in [7, 11) is 0. The number of hydrogen-bond acceptors (Lipinski definition) is 4. The van der Waals surface area contributed by atoms with Crippen LogP contribution in [0.5, 0.6) is 0 Å². The van der Waals surface area contributed by atoms with Crippen LogP contribution >= 0.6 is 11.8 Å². The number of aromatic amines is 1. The topological polar surface area (TPSA) is 49.2 Å². The van der Waals surface area contributed by atoms with E-state index in [4.69, 9.17) is 0 Å². The Labute approximate surface area is 213 Å². The first-order valence-corrected chi connectivity index (χ1v) is 14.4. The summed E-state index contributed by atoms with van der Waals surface area (Å²) in [4.78, 5) is 6.51. The van der Waals surface area contributed by atoms with Crippen molar-refractivity contribution in [2.45, 2.75) is 78.3 Å². The highest BCUT2D eigenvalue weighted by atomic mass is 32.2. The summed E-state index contributed by atoms with van der Waals surface area (Å²) in [6, 6.07) is 8.43. The number of benzene rings is 1. The summed E-state index contributed by atoms with van der Waals surface area (Å²) in [6.45, 7) is 15.0. The van der Waals surface area contributed by atoms with Crippen molar-refractivity contribution in [2.75, 3.05) is 18.6 Å². The van der Waals surface area contributed by atoms with Gasteiger partial charge in [-0.1, -0.05) is 19.9 Å². The average molecular weight is 490 g/mol. The summed E-state index contributed by atoms with van der Waals surface area (Å²) >= 11 is 1.95. The van der Waals surface area contributed by atoms with E-state index in [0.29, 0.717) is 23.9 Å². The first-order chi connectivity index (χ1) is 16.8. The van der Waals surface area contributed by atoms with Crippen LogP contribution in [0.3, 0.4) is 0 Å². The van der Waals surface area contributed by atoms with Crippen LogP contribution < -0.4 is 0 Å². The molecule has 1 fully saturated rings. The van der Waals surface area contributed by atoms with Crippen LogP contribution in [-0.2, 0) is 0 Å². The van der Waals surface area contributed by atoms with Crippen molar-refractivity contribution in [3.63, 3.8) is 0 Å². The number of aryl methyl sites for hydroxylation is 1. The Bertz CT molecular complexity index is 1340. The number of H-pyrrole nitrogens is 1. The molecule has 5 rings (SSSR count). The third-order valence-corrected chi connectivity index (χ3v) is 8.85. The smallest absolute Gasteiger partial charge is 0.163 e. The van der Waals surface area contributed by atoms with Gasteiger partial charge in [-0.25, -0.2) is 0 Å². The zero-order chi connectivity index (χ0) is 24.9. The Morgan fingerprint density at radius 2 is 1.86 bits per heavy atom. The number of aromatic nitrogens is 4. The van der Waals surface area contributed by atoms with E-state index in [2.05, 4.69) is 92.3 Å². The van der Waals surface area contributed by atoms with E-state index in [1.165, 1.54) is 69.6 Å². The van der Waals surface area contributed by atoms with Gasteiger partial charge in [0.2, 0.25) is 0 Å². The van der Waals surface area contributed by atoms with Crippen molar-refractivity contribution in [2.24, 2.45) is 0 Å². The fourth-order valence-corrected chi connectivity index (χ4v) is 6.69. The van der Waals surface area contributed by atoms with E-state index < -0.39 is 0 Å². The number of nitrogens with one attached hydrogen (secondary N) is 1. The molecule has 186 valence electrons. The molecular formula is C29H39N5S. The molecule has 6 heteroatoms. The van der Waals surface area contributed by atoms with Crippen LogP contribution in [0.4, 0.5) is 0 Å². The van der Waals surface area contributed by atoms with Gasteiger partial charge in [0.15, 0.2) is 5.65 Å². The van der Waals surface area contributed by atoms with Crippen molar-refractivity contribution >= 4 is 28.3 Å². The predicted molar refractivity (Wildman–Crippen MR) is 150 cm³/mol.